The van der Waals surface area contributed by atoms with Gasteiger partial charge in [0.1, 0.15) is 11.3 Å². The highest BCUT2D eigenvalue weighted by atomic mass is 16.2. The van der Waals surface area contributed by atoms with E-state index in [0.29, 0.717) is 5.69 Å². The number of carbonyl (C=O) groups excluding carboxylic acids is 1. The lowest BCUT2D eigenvalue weighted by atomic mass is 10.2. The average molecular weight is 309 g/mol. The van der Waals surface area contributed by atoms with Crippen LogP contribution in [0, 0.1) is 6.92 Å². The summed E-state index contributed by atoms with van der Waals surface area (Å²) >= 11 is 0. The van der Waals surface area contributed by atoms with Crippen molar-refractivity contribution < 1.29 is 4.79 Å². The number of pyridine rings is 1. The van der Waals surface area contributed by atoms with E-state index in [2.05, 4.69) is 10.1 Å². The monoisotopic (exact) mass is 309 g/mol. The minimum Gasteiger partial charge on any atom is -0.332 e. The number of amides is 1. The van der Waals surface area contributed by atoms with Crippen molar-refractivity contribution in [1.82, 2.24) is 24.1 Å². The zero-order chi connectivity index (χ0) is 15.8. The molecule has 118 valence electrons. The van der Waals surface area contributed by atoms with E-state index in [9.17, 15) is 4.79 Å². The summed E-state index contributed by atoms with van der Waals surface area (Å²) < 4.78 is 3.86. The minimum absolute atomic E-state index is 0.0164. The number of nitrogens with zero attached hydrogens (tertiary/aromatic N) is 5. The molecule has 1 aliphatic rings. The predicted octanol–water partition coefficient (Wildman–Crippen LogP) is 2.14. The average Bonchev–Trinajstić information content (AvgIpc) is 3.27. The number of fused-ring (bicyclic) bond motifs is 1. The molecule has 4 rings (SSSR count). The van der Waals surface area contributed by atoms with Gasteiger partial charge in [0.15, 0.2) is 0 Å². The molecular formula is C17H19N5O. The van der Waals surface area contributed by atoms with Crippen molar-refractivity contribution in [3.05, 3.63) is 54.2 Å². The molecule has 3 aromatic rings. The van der Waals surface area contributed by atoms with E-state index in [1.165, 1.54) is 0 Å². The van der Waals surface area contributed by atoms with Crippen molar-refractivity contribution in [1.29, 1.82) is 0 Å². The Morgan fingerprint density at radius 2 is 2.26 bits per heavy atom. The van der Waals surface area contributed by atoms with Gasteiger partial charge in [-0.2, -0.15) is 5.10 Å². The molecular weight excluding hydrogens is 290 g/mol. The summed E-state index contributed by atoms with van der Waals surface area (Å²) in [7, 11) is 0. The third-order valence-electron chi connectivity index (χ3n) is 4.51. The molecule has 0 aliphatic carbocycles. The Morgan fingerprint density at radius 3 is 3.04 bits per heavy atom. The number of hydrogen-bond donors (Lipinski definition) is 0. The second-order valence-corrected chi connectivity index (χ2v) is 6.04. The van der Waals surface area contributed by atoms with E-state index in [4.69, 9.17) is 0 Å². The van der Waals surface area contributed by atoms with Gasteiger partial charge in [0.2, 0.25) is 0 Å². The predicted molar refractivity (Wildman–Crippen MR) is 86.2 cm³/mol. The fourth-order valence-electron chi connectivity index (χ4n) is 3.32. The van der Waals surface area contributed by atoms with Crippen LogP contribution >= 0.6 is 0 Å². The van der Waals surface area contributed by atoms with E-state index in [-0.39, 0.29) is 11.9 Å². The SMILES string of the molecule is Cc1cccc2nc(C(=O)N3CCCC3Cn3cccn3)cn12. The summed E-state index contributed by atoms with van der Waals surface area (Å²) in [6.45, 7) is 3.54. The number of aromatic nitrogens is 4. The van der Waals surface area contributed by atoms with Gasteiger partial charge in [0.25, 0.3) is 5.91 Å². The largest absolute Gasteiger partial charge is 0.332 e. The molecule has 1 atom stereocenters. The van der Waals surface area contributed by atoms with Crippen molar-refractivity contribution in [3.8, 4) is 0 Å². The van der Waals surface area contributed by atoms with Crippen LogP contribution in [0.5, 0.6) is 0 Å². The molecule has 1 amide bonds. The van der Waals surface area contributed by atoms with Crippen LogP contribution in [-0.4, -0.2) is 42.6 Å². The normalized spacial score (nSPS) is 18.0. The lowest BCUT2D eigenvalue weighted by Gasteiger charge is -2.23. The molecule has 0 spiro atoms. The first-order valence-electron chi connectivity index (χ1n) is 7.95. The summed E-state index contributed by atoms with van der Waals surface area (Å²) in [5, 5.41) is 4.25. The van der Waals surface area contributed by atoms with Crippen LogP contribution in [0.25, 0.3) is 5.65 Å². The molecule has 6 heteroatoms. The van der Waals surface area contributed by atoms with Crippen molar-refractivity contribution in [2.24, 2.45) is 0 Å². The van der Waals surface area contributed by atoms with E-state index in [0.717, 1.165) is 37.3 Å². The lowest BCUT2D eigenvalue weighted by molar-refractivity contribution is 0.0716. The first-order valence-corrected chi connectivity index (χ1v) is 7.95. The van der Waals surface area contributed by atoms with Gasteiger partial charge in [-0.3, -0.25) is 9.48 Å². The Labute approximate surface area is 134 Å². The lowest BCUT2D eigenvalue weighted by Crippen LogP contribution is -2.38. The van der Waals surface area contributed by atoms with Gasteiger partial charge in [-0.15, -0.1) is 0 Å². The topological polar surface area (TPSA) is 55.4 Å². The van der Waals surface area contributed by atoms with E-state index in [1.807, 2.05) is 57.6 Å². The molecule has 0 radical (unpaired) electrons. The Balaban J connectivity index is 1.60. The Bertz CT molecular complexity index is 836. The molecule has 1 aliphatic heterocycles. The van der Waals surface area contributed by atoms with Gasteiger partial charge < -0.3 is 9.30 Å². The number of rotatable bonds is 3. The van der Waals surface area contributed by atoms with E-state index in [1.54, 1.807) is 6.20 Å². The summed E-state index contributed by atoms with van der Waals surface area (Å²) in [6.07, 6.45) is 7.60. The van der Waals surface area contributed by atoms with E-state index < -0.39 is 0 Å². The van der Waals surface area contributed by atoms with Crippen molar-refractivity contribution in [2.45, 2.75) is 32.4 Å². The Kier molecular flexibility index (Phi) is 3.37. The summed E-state index contributed by atoms with van der Waals surface area (Å²) in [6, 6.07) is 8.00. The smallest absolute Gasteiger partial charge is 0.274 e. The van der Waals surface area contributed by atoms with Gasteiger partial charge in [0, 0.05) is 30.8 Å². The number of aryl methyl sites for hydroxylation is 1. The molecule has 1 unspecified atom stereocenters. The standard InChI is InChI=1S/C17H19N5O/c1-13-5-2-7-16-19-15(12-22(13)16)17(23)21-10-3-6-14(21)11-20-9-4-8-18-20/h2,4-5,7-9,12,14H,3,6,10-11H2,1H3. The zero-order valence-corrected chi connectivity index (χ0v) is 13.1. The van der Waals surface area contributed by atoms with Gasteiger partial charge in [-0.25, -0.2) is 4.98 Å². The van der Waals surface area contributed by atoms with Crippen LogP contribution in [0.2, 0.25) is 0 Å². The van der Waals surface area contributed by atoms with Gasteiger partial charge in [-0.1, -0.05) is 6.07 Å². The quantitative estimate of drug-likeness (QED) is 0.745. The van der Waals surface area contributed by atoms with Crippen LogP contribution in [0.3, 0.4) is 0 Å². The number of carbonyl (C=O) groups is 1. The second kappa shape index (κ2) is 5.53. The molecule has 6 nitrogen and oxygen atoms in total. The zero-order valence-electron chi connectivity index (χ0n) is 13.1. The summed E-state index contributed by atoms with van der Waals surface area (Å²) in [5.74, 6) is 0.0164. The van der Waals surface area contributed by atoms with Crippen LogP contribution in [0.4, 0.5) is 0 Å². The van der Waals surface area contributed by atoms with E-state index >= 15 is 0 Å². The van der Waals surface area contributed by atoms with Crippen molar-refractivity contribution in [3.63, 3.8) is 0 Å². The highest BCUT2D eigenvalue weighted by molar-refractivity contribution is 5.93. The highest BCUT2D eigenvalue weighted by Gasteiger charge is 2.31. The van der Waals surface area contributed by atoms with Crippen LogP contribution in [-0.2, 0) is 6.54 Å². The van der Waals surface area contributed by atoms with Crippen LogP contribution in [0.15, 0.2) is 42.9 Å². The van der Waals surface area contributed by atoms with Gasteiger partial charge >= 0.3 is 0 Å². The van der Waals surface area contributed by atoms with Gasteiger partial charge in [-0.05, 0) is 38.0 Å². The number of hydrogen-bond acceptors (Lipinski definition) is 3. The molecule has 4 heterocycles. The third kappa shape index (κ3) is 2.50. The first kappa shape index (κ1) is 14.0. The Hall–Kier alpha value is -2.63. The molecule has 3 aromatic heterocycles. The fourth-order valence-corrected chi connectivity index (χ4v) is 3.32. The number of likely N-dealkylation sites (tertiary alicyclic amines) is 1. The Morgan fingerprint density at radius 1 is 1.35 bits per heavy atom. The number of imidazole rings is 1. The summed E-state index contributed by atoms with van der Waals surface area (Å²) in [4.78, 5) is 19.3. The van der Waals surface area contributed by atoms with Crippen molar-refractivity contribution in [2.75, 3.05) is 6.54 Å². The summed E-state index contributed by atoms with van der Waals surface area (Å²) in [5.41, 5.74) is 2.41. The molecule has 1 fully saturated rings. The first-order chi connectivity index (χ1) is 11.2. The molecule has 0 aromatic carbocycles. The van der Waals surface area contributed by atoms with Crippen LogP contribution < -0.4 is 0 Å². The maximum absolute atomic E-state index is 12.9. The van der Waals surface area contributed by atoms with Crippen molar-refractivity contribution >= 4 is 11.6 Å². The maximum Gasteiger partial charge on any atom is 0.274 e. The molecule has 23 heavy (non-hydrogen) atoms. The second-order valence-electron chi connectivity index (χ2n) is 6.04. The highest BCUT2D eigenvalue weighted by Crippen LogP contribution is 2.21. The third-order valence-corrected chi connectivity index (χ3v) is 4.51. The molecule has 0 saturated carbocycles. The minimum atomic E-state index is 0.0164. The fraction of sp³-hybridized carbons (Fsp3) is 0.353. The molecule has 0 N–H and O–H groups in total. The molecule has 1 saturated heterocycles. The molecule has 0 bridgehead atoms. The maximum atomic E-state index is 12.9. The van der Waals surface area contributed by atoms with Crippen LogP contribution in [0.1, 0.15) is 29.0 Å². The van der Waals surface area contributed by atoms with Gasteiger partial charge in [0.05, 0.1) is 12.6 Å².